The SMILES string of the molecule is COC(=O)N[C@H](CCCCNC(=O)OCc1ccccc1)C(=O)O. The van der Waals surface area contributed by atoms with Crippen LogP contribution >= 0.6 is 0 Å². The Morgan fingerprint density at radius 3 is 2.46 bits per heavy atom. The molecule has 0 aliphatic rings. The number of unbranched alkanes of at least 4 members (excludes halogenated alkanes) is 1. The summed E-state index contributed by atoms with van der Waals surface area (Å²) in [5.41, 5.74) is 0.894. The molecule has 24 heavy (non-hydrogen) atoms. The average Bonchev–Trinajstić information content (AvgIpc) is 2.59. The molecule has 0 heterocycles. The van der Waals surface area contributed by atoms with Crippen LogP contribution in [0.15, 0.2) is 30.3 Å². The second-order valence-corrected chi connectivity index (χ2v) is 5.01. The minimum atomic E-state index is -1.13. The zero-order chi connectivity index (χ0) is 17.8. The Balaban J connectivity index is 2.14. The third-order valence-corrected chi connectivity index (χ3v) is 3.18. The highest BCUT2D eigenvalue weighted by Crippen LogP contribution is 2.03. The van der Waals surface area contributed by atoms with Crippen LogP contribution < -0.4 is 10.6 Å². The van der Waals surface area contributed by atoms with Crippen LogP contribution in [-0.4, -0.2) is 43.0 Å². The average molecular weight is 338 g/mol. The summed E-state index contributed by atoms with van der Waals surface area (Å²) in [5, 5.41) is 13.8. The Labute approximate surface area is 140 Å². The molecular weight excluding hydrogens is 316 g/mol. The maximum Gasteiger partial charge on any atom is 0.407 e. The standard InChI is InChI=1S/C16H22N2O6/c1-23-16(22)18-13(14(19)20)9-5-6-10-17-15(21)24-11-12-7-3-2-4-8-12/h2-4,7-8,13H,5-6,9-11H2,1H3,(H,17,21)(H,18,22)(H,19,20)/t13-/m1/s1. The van der Waals surface area contributed by atoms with E-state index in [0.717, 1.165) is 5.56 Å². The van der Waals surface area contributed by atoms with Crippen molar-refractivity contribution in [2.45, 2.75) is 31.9 Å². The number of carboxylic acids is 1. The highest BCUT2D eigenvalue weighted by atomic mass is 16.5. The van der Waals surface area contributed by atoms with E-state index in [9.17, 15) is 14.4 Å². The number of alkyl carbamates (subject to hydrolysis) is 2. The first kappa shape index (κ1) is 19.3. The summed E-state index contributed by atoms with van der Waals surface area (Å²) in [6.45, 7) is 0.551. The fourth-order valence-electron chi connectivity index (χ4n) is 1.90. The molecule has 3 N–H and O–H groups in total. The molecule has 0 saturated heterocycles. The zero-order valence-electron chi connectivity index (χ0n) is 13.5. The third-order valence-electron chi connectivity index (χ3n) is 3.18. The summed E-state index contributed by atoms with van der Waals surface area (Å²) in [7, 11) is 1.17. The van der Waals surface area contributed by atoms with Crippen molar-refractivity contribution in [2.24, 2.45) is 0 Å². The van der Waals surface area contributed by atoms with E-state index in [1.165, 1.54) is 7.11 Å². The van der Waals surface area contributed by atoms with Crippen LogP contribution in [0, 0.1) is 0 Å². The van der Waals surface area contributed by atoms with Crippen molar-refractivity contribution in [2.75, 3.05) is 13.7 Å². The van der Waals surface area contributed by atoms with Crippen molar-refractivity contribution in [1.29, 1.82) is 0 Å². The molecular formula is C16H22N2O6. The summed E-state index contributed by atoms with van der Waals surface area (Å²) in [4.78, 5) is 33.5. The number of hydrogen-bond donors (Lipinski definition) is 3. The predicted octanol–water partition coefficient (Wildman–Crippen LogP) is 1.89. The van der Waals surface area contributed by atoms with Gasteiger partial charge in [0.2, 0.25) is 0 Å². The topological polar surface area (TPSA) is 114 Å². The number of nitrogens with one attached hydrogen (secondary N) is 2. The second kappa shape index (κ2) is 10.9. The van der Waals surface area contributed by atoms with Gasteiger partial charge in [0.05, 0.1) is 7.11 Å². The maximum absolute atomic E-state index is 11.5. The lowest BCUT2D eigenvalue weighted by Gasteiger charge is -2.13. The molecule has 8 heteroatoms. The summed E-state index contributed by atoms with van der Waals surface area (Å²) in [6, 6.07) is 8.29. The molecule has 0 bridgehead atoms. The van der Waals surface area contributed by atoms with Crippen molar-refractivity contribution in [3.05, 3.63) is 35.9 Å². The molecule has 0 aromatic heterocycles. The maximum atomic E-state index is 11.5. The van der Waals surface area contributed by atoms with Gasteiger partial charge in [-0.2, -0.15) is 0 Å². The van der Waals surface area contributed by atoms with Gasteiger partial charge in [-0.05, 0) is 24.8 Å². The quantitative estimate of drug-likeness (QED) is 0.593. The van der Waals surface area contributed by atoms with E-state index < -0.39 is 24.2 Å². The first-order valence-corrected chi connectivity index (χ1v) is 7.54. The molecule has 0 unspecified atom stereocenters. The van der Waals surface area contributed by atoms with Crippen LogP contribution in [0.1, 0.15) is 24.8 Å². The third kappa shape index (κ3) is 8.02. The van der Waals surface area contributed by atoms with Gasteiger partial charge >= 0.3 is 18.2 Å². The molecule has 0 aliphatic heterocycles. The van der Waals surface area contributed by atoms with Crippen molar-refractivity contribution >= 4 is 18.2 Å². The molecule has 2 amide bonds. The van der Waals surface area contributed by atoms with Gasteiger partial charge in [0.1, 0.15) is 12.6 Å². The number of carbonyl (C=O) groups excluding carboxylic acids is 2. The Hall–Kier alpha value is -2.77. The molecule has 0 spiro atoms. The fraction of sp³-hybridized carbons (Fsp3) is 0.438. The lowest BCUT2D eigenvalue weighted by molar-refractivity contribution is -0.139. The number of carbonyl (C=O) groups is 3. The molecule has 0 saturated carbocycles. The van der Waals surface area contributed by atoms with Crippen LogP contribution in [0.25, 0.3) is 0 Å². The number of aliphatic carboxylic acids is 1. The van der Waals surface area contributed by atoms with E-state index in [0.29, 0.717) is 19.4 Å². The highest BCUT2D eigenvalue weighted by Gasteiger charge is 2.19. The lowest BCUT2D eigenvalue weighted by Crippen LogP contribution is -2.40. The monoisotopic (exact) mass is 338 g/mol. The van der Waals surface area contributed by atoms with Gasteiger partial charge in [0, 0.05) is 6.54 Å². The molecule has 0 radical (unpaired) electrons. The summed E-state index contributed by atoms with van der Waals surface area (Å²) in [5.74, 6) is -1.13. The van der Waals surface area contributed by atoms with Crippen LogP contribution in [0.5, 0.6) is 0 Å². The normalized spacial score (nSPS) is 11.2. The van der Waals surface area contributed by atoms with Crippen molar-refractivity contribution in [3.63, 3.8) is 0 Å². The largest absolute Gasteiger partial charge is 0.480 e. The molecule has 8 nitrogen and oxygen atoms in total. The van der Waals surface area contributed by atoms with Crippen molar-refractivity contribution in [1.82, 2.24) is 10.6 Å². The molecule has 0 fully saturated rings. The minimum Gasteiger partial charge on any atom is -0.480 e. The predicted molar refractivity (Wildman–Crippen MR) is 85.4 cm³/mol. The van der Waals surface area contributed by atoms with E-state index in [1.54, 1.807) is 0 Å². The first-order valence-electron chi connectivity index (χ1n) is 7.54. The summed E-state index contributed by atoms with van der Waals surface area (Å²) >= 11 is 0. The van der Waals surface area contributed by atoms with E-state index in [2.05, 4.69) is 15.4 Å². The highest BCUT2D eigenvalue weighted by molar-refractivity contribution is 5.79. The number of amides is 2. The molecule has 132 valence electrons. The Morgan fingerprint density at radius 1 is 1.12 bits per heavy atom. The van der Waals surface area contributed by atoms with Gasteiger partial charge in [0.25, 0.3) is 0 Å². The first-order chi connectivity index (χ1) is 11.5. The zero-order valence-corrected chi connectivity index (χ0v) is 13.5. The van der Waals surface area contributed by atoms with E-state index >= 15 is 0 Å². The van der Waals surface area contributed by atoms with E-state index in [-0.39, 0.29) is 13.0 Å². The van der Waals surface area contributed by atoms with Gasteiger partial charge in [-0.3, -0.25) is 0 Å². The Bertz CT molecular complexity index is 535. The van der Waals surface area contributed by atoms with Gasteiger partial charge in [-0.25, -0.2) is 14.4 Å². The Kier molecular flexibility index (Phi) is 8.73. The molecule has 0 aliphatic carbocycles. The number of ether oxygens (including phenoxy) is 2. The second-order valence-electron chi connectivity index (χ2n) is 5.01. The molecule has 1 rings (SSSR count). The van der Waals surface area contributed by atoms with Crippen molar-refractivity contribution in [3.8, 4) is 0 Å². The number of hydrogen-bond acceptors (Lipinski definition) is 5. The number of benzene rings is 1. The minimum absolute atomic E-state index is 0.191. The Morgan fingerprint density at radius 2 is 1.83 bits per heavy atom. The fourth-order valence-corrected chi connectivity index (χ4v) is 1.90. The van der Waals surface area contributed by atoms with Gasteiger partial charge in [-0.15, -0.1) is 0 Å². The van der Waals surface area contributed by atoms with Crippen LogP contribution in [-0.2, 0) is 20.9 Å². The molecule has 1 atom stereocenters. The van der Waals surface area contributed by atoms with E-state index in [4.69, 9.17) is 9.84 Å². The number of rotatable bonds is 9. The van der Waals surface area contributed by atoms with Crippen LogP contribution in [0.3, 0.4) is 0 Å². The smallest absolute Gasteiger partial charge is 0.407 e. The van der Waals surface area contributed by atoms with Gasteiger partial charge in [0.15, 0.2) is 0 Å². The van der Waals surface area contributed by atoms with Gasteiger partial charge in [-0.1, -0.05) is 30.3 Å². The van der Waals surface area contributed by atoms with Crippen LogP contribution in [0.4, 0.5) is 9.59 Å². The van der Waals surface area contributed by atoms with Crippen molar-refractivity contribution < 1.29 is 29.0 Å². The van der Waals surface area contributed by atoms with Gasteiger partial charge < -0.3 is 25.2 Å². The number of carboxylic acid groups (broad SMARTS) is 1. The summed E-state index contributed by atoms with van der Waals surface area (Å²) < 4.78 is 9.41. The van der Waals surface area contributed by atoms with E-state index in [1.807, 2.05) is 30.3 Å². The lowest BCUT2D eigenvalue weighted by atomic mass is 10.1. The van der Waals surface area contributed by atoms with Crippen LogP contribution in [0.2, 0.25) is 0 Å². The molecule has 1 aromatic carbocycles. The molecule has 1 aromatic rings. The summed E-state index contributed by atoms with van der Waals surface area (Å²) in [6.07, 6.45) is 0.00406. The number of methoxy groups -OCH3 is 1.